The first-order valence-electron chi connectivity index (χ1n) is 6.84. The van der Waals surface area contributed by atoms with Crippen molar-refractivity contribution in [3.05, 3.63) is 27.7 Å². The van der Waals surface area contributed by atoms with Gasteiger partial charge in [0.25, 0.3) is 0 Å². The highest BCUT2D eigenvalue weighted by atomic mass is 79.9. The predicted molar refractivity (Wildman–Crippen MR) is 85.0 cm³/mol. The SMILES string of the molecule is CCOC1CC(Nc2ccc(Br)cc2Cl)C1(C)CC. The highest BCUT2D eigenvalue weighted by Gasteiger charge is 2.51. The molecule has 2 nitrogen and oxygen atoms in total. The van der Waals surface area contributed by atoms with Gasteiger partial charge in [0.05, 0.1) is 16.8 Å². The van der Waals surface area contributed by atoms with Crippen molar-refractivity contribution in [1.82, 2.24) is 0 Å². The van der Waals surface area contributed by atoms with Crippen molar-refractivity contribution in [2.75, 3.05) is 11.9 Å². The summed E-state index contributed by atoms with van der Waals surface area (Å²) in [6.07, 6.45) is 2.50. The van der Waals surface area contributed by atoms with Gasteiger partial charge in [0.15, 0.2) is 0 Å². The highest BCUT2D eigenvalue weighted by molar-refractivity contribution is 9.10. The van der Waals surface area contributed by atoms with Crippen LogP contribution in [0.2, 0.25) is 5.02 Å². The number of rotatable bonds is 5. The lowest BCUT2D eigenvalue weighted by molar-refractivity contribution is -0.109. The second kappa shape index (κ2) is 6.02. The summed E-state index contributed by atoms with van der Waals surface area (Å²) in [5, 5.41) is 4.33. The summed E-state index contributed by atoms with van der Waals surface area (Å²) in [6, 6.07) is 6.38. The molecule has 0 bridgehead atoms. The van der Waals surface area contributed by atoms with E-state index in [-0.39, 0.29) is 5.41 Å². The van der Waals surface area contributed by atoms with E-state index in [0.717, 1.165) is 34.6 Å². The molecule has 0 saturated heterocycles. The summed E-state index contributed by atoms with van der Waals surface area (Å²) in [5.41, 5.74) is 1.19. The normalized spacial score (nSPS) is 29.9. The molecule has 4 heteroatoms. The summed E-state index contributed by atoms with van der Waals surface area (Å²) < 4.78 is 6.82. The van der Waals surface area contributed by atoms with Crippen LogP contribution in [-0.4, -0.2) is 18.8 Å². The molecule has 1 aromatic rings. The Hall–Kier alpha value is -0.250. The smallest absolute Gasteiger partial charge is 0.0667 e. The molecule has 0 amide bonds. The lowest BCUT2D eigenvalue weighted by Crippen LogP contribution is -2.59. The molecule has 2 rings (SSSR count). The fourth-order valence-electron chi connectivity index (χ4n) is 2.77. The van der Waals surface area contributed by atoms with Crippen LogP contribution < -0.4 is 5.32 Å². The third-order valence-corrected chi connectivity index (χ3v) is 5.18. The van der Waals surface area contributed by atoms with Crippen LogP contribution in [-0.2, 0) is 4.74 Å². The number of halogens is 2. The minimum atomic E-state index is 0.187. The molecule has 0 aliphatic heterocycles. The van der Waals surface area contributed by atoms with E-state index < -0.39 is 0 Å². The topological polar surface area (TPSA) is 21.3 Å². The first-order chi connectivity index (χ1) is 9.01. The van der Waals surface area contributed by atoms with Gasteiger partial charge >= 0.3 is 0 Å². The Bertz CT molecular complexity index is 454. The van der Waals surface area contributed by atoms with Crippen LogP contribution in [0.15, 0.2) is 22.7 Å². The number of hydrogen-bond acceptors (Lipinski definition) is 2. The molecular formula is C15H21BrClNO. The van der Waals surface area contributed by atoms with Gasteiger partial charge in [-0.1, -0.05) is 41.4 Å². The van der Waals surface area contributed by atoms with Crippen molar-refractivity contribution < 1.29 is 4.74 Å². The zero-order valence-electron chi connectivity index (χ0n) is 11.7. The van der Waals surface area contributed by atoms with E-state index in [9.17, 15) is 0 Å². The van der Waals surface area contributed by atoms with Crippen molar-refractivity contribution in [3.63, 3.8) is 0 Å². The fraction of sp³-hybridized carbons (Fsp3) is 0.600. The van der Waals surface area contributed by atoms with E-state index in [1.807, 2.05) is 18.2 Å². The van der Waals surface area contributed by atoms with Gasteiger partial charge in [-0.05, 0) is 38.0 Å². The van der Waals surface area contributed by atoms with Gasteiger partial charge in [0, 0.05) is 22.5 Å². The Morgan fingerprint density at radius 3 is 2.79 bits per heavy atom. The third kappa shape index (κ3) is 2.93. The van der Waals surface area contributed by atoms with Gasteiger partial charge in [0.1, 0.15) is 0 Å². The minimum Gasteiger partial charge on any atom is -0.380 e. The predicted octanol–water partition coefficient (Wildman–Crippen LogP) is 5.11. The molecule has 3 unspecified atom stereocenters. The van der Waals surface area contributed by atoms with Gasteiger partial charge in [-0.3, -0.25) is 0 Å². The number of ether oxygens (including phenoxy) is 1. The molecule has 1 saturated carbocycles. The summed E-state index contributed by atoms with van der Waals surface area (Å²) in [4.78, 5) is 0. The van der Waals surface area contributed by atoms with E-state index in [4.69, 9.17) is 16.3 Å². The van der Waals surface area contributed by atoms with Crippen LogP contribution >= 0.6 is 27.5 Å². The van der Waals surface area contributed by atoms with Crippen molar-refractivity contribution >= 4 is 33.2 Å². The molecule has 1 fully saturated rings. The number of anilines is 1. The monoisotopic (exact) mass is 345 g/mol. The Balaban J connectivity index is 2.08. The molecule has 1 aliphatic rings. The van der Waals surface area contributed by atoms with Crippen LogP contribution in [0, 0.1) is 5.41 Å². The Morgan fingerprint density at radius 2 is 2.21 bits per heavy atom. The van der Waals surface area contributed by atoms with Crippen molar-refractivity contribution in [3.8, 4) is 0 Å². The van der Waals surface area contributed by atoms with E-state index >= 15 is 0 Å². The first-order valence-corrected chi connectivity index (χ1v) is 8.01. The van der Waals surface area contributed by atoms with Crippen LogP contribution in [0.3, 0.4) is 0 Å². The van der Waals surface area contributed by atoms with Crippen LogP contribution in [0.5, 0.6) is 0 Å². The molecule has 0 heterocycles. The number of hydrogen-bond donors (Lipinski definition) is 1. The molecule has 19 heavy (non-hydrogen) atoms. The molecule has 1 N–H and O–H groups in total. The lowest BCUT2D eigenvalue weighted by Gasteiger charge is -2.54. The van der Waals surface area contributed by atoms with Crippen LogP contribution in [0.25, 0.3) is 0 Å². The molecule has 0 spiro atoms. The summed E-state index contributed by atoms with van der Waals surface area (Å²) in [6.45, 7) is 7.36. The van der Waals surface area contributed by atoms with Crippen LogP contribution in [0.1, 0.15) is 33.6 Å². The standard InChI is InChI=1S/C15H21BrClNO/c1-4-15(3)13(9-14(15)19-5-2)18-12-7-6-10(16)8-11(12)17/h6-8,13-14,18H,4-5,9H2,1-3H3. The first kappa shape index (κ1) is 15.1. The third-order valence-electron chi connectivity index (χ3n) is 4.37. The van der Waals surface area contributed by atoms with Crippen LogP contribution in [0.4, 0.5) is 5.69 Å². The second-order valence-corrected chi connectivity index (χ2v) is 6.68. The maximum atomic E-state index is 6.26. The average Bonchev–Trinajstić information content (AvgIpc) is 2.39. The van der Waals surface area contributed by atoms with Gasteiger partial charge in [-0.15, -0.1) is 0 Å². The van der Waals surface area contributed by atoms with E-state index in [2.05, 4.69) is 42.0 Å². The molecule has 106 valence electrons. The van der Waals surface area contributed by atoms with Gasteiger partial charge < -0.3 is 10.1 Å². The Kier molecular flexibility index (Phi) is 4.80. The summed E-state index contributed by atoms with van der Waals surface area (Å²) in [7, 11) is 0. The van der Waals surface area contributed by atoms with Crippen molar-refractivity contribution in [2.45, 2.75) is 45.8 Å². The zero-order valence-corrected chi connectivity index (χ0v) is 14.0. The lowest BCUT2D eigenvalue weighted by atomic mass is 9.61. The molecule has 3 atom stereocenters. The highest BCUT2D eigenvalue weighted by Crippen LogP contribution is 2.47. The molecule has 1 aromatic carbocycles. The van der Waals surface area contributed by atoms with E-state index in [1.165, 1.54) is 0 Å². The minimum absolute atomic E-state index is 0.187. The maximum absolute atomic E-state index is 6.26. The quantitative estimate of drug-likeness (QED) is 0.800. The summed E-state index contributed by atoms with van der Waals surface area (Å²) >= 11 is 9.69. The van der Waals surface area contributed by atoms with E-state index in [0.29, 0.717) is 12.1 Å². The number of nitrogens with one attached hydrogen (secondary N) is 1. The fourth-order valence-corrected chi connectivity index (χ4v) is 3.50. The Labute approximate surface area is 129 Å². The second-order valence-electron chi connectivity index (χ2n) is 5.36. The van der Waals surface area contributed by atoms with Gasteiger partial charge in [-0.2, -0.15) is 0 Å². The summed E-state index contributed by atoms with van der Waals surface area (Å²) in [5.74, 6) is 0. The Morgan fingerprint density at radius 1 is 1.47 bits per heavy atom. The zero-order chi connectivity index (χ0) is 14.0. The molecular weight excluding hydrogens is 326 g/mol. The molecule has 1 aliphatic carbocycles. The molecule has 0 aromatic heterocycles. The number of benzene rings is 1. The molecule has 0 radical (unpaired) electrons. The largest absolute Gasteiger partial charge is 0.380 e. The van der Waals surface area contributed by atoms with E-state index in [1.54, 1.807) is 0 Å². The maximum Gasteiger partial charge on any atom is 0.0667 e. The van der Waals surface area contributed by atoms with Gasteiger partial charge in [0.2, 0.25) is 0 Å². The van der Waals surface area contributed by atoms with Gasteiger partial charge in [-0.25, -0.2) is 0 Å². The average molecular weight is 347 g/mol. The van der Waals surface area contributed by atoms with Crippen molar-refractivity contribution in [2.24, 2.45) is 5.41 Å². The van der Waals surface area contributed by atoms with Crippen molar-refractivity contribution in [1.29, 1.82) is 0 Å².